The van der Waals surface area contributed by atoms with E-state index in [9.17, 15) is 14.4 Å². The summed E-state index contributed by atoms with van der Waals surface area (Å²) in [4.78, 5) is 39.6. The van der Waals surface area contributed by atoms with Gasteiger partial charge in [0.1, 0.15) is 18.3 Å². The van der Waals surface area contributed by atoms with Crippen molar-refractivity contribution in [2.75, 3.05) is 13.6 Å². The van der Waals surface area contributed by atoms with Gasteiger partial charge in [-0.25, -0.2) is 19.1 Å². The minimum absolute atomic E-state index is 0.0212. The Labute approximate surface area is 258 Å². The molecule has 3 aliphatic heterocycles. The van der Waals surface area contributed by atoms with E-state index in [0.717, 1.165) is 17.7 Å². The van der Waals surface area contributed by atoms with Gasteiger partial charge >= 0.3 is 17.7 Å². The van der Waals surface area contributed by atoms with Crippen LogP contribution in [0.2, 0.25) is 0 Å². The lowest BCUT2D eigenvalue weighted by atomic mass is 9.87. The quantitative estimate of drug-likeness (QED) is 0.289. The molecule has 3 aliphatic rings. The third kappa shape index (κ3) is 12.2. The van der Waals surface area contributed by atoms with Gasteiger partial charge in [-0.05, 0) is 47.6 Å². The van der Waals surface area contributed by atoms with Gasteiger partial charge in [0.15, 0.2) is 0 Å². The van der Waals surface area contributed by atoms with Gasteiger partial charge in [-0.3, -0.25) is 0 Å². The monoisotopic (exact) mass is 607 g/mol. The number of likely N-dealkylation sites (N-methyl/N-ethyl adjacent to an activating group) is 1. The molecule has 246 valence electrons. The first-order valence-electron chi connectivity index (χ1n) is 14.9. The second-order valence-corrected chi connectivity index (χ2v) is 15.8. The molecule has 10 heteroatoms. The van der Waals surface area contributed by atoms with Crippen LogP contribution in [0.1, 0.15) is 109 Å². The summed E-state index contributed by atoms with van der Waals surface area (Å²) in [6, 6.07) is 0. The summed E-state index contributed by atoms with van der Waals surface area (Å²) in [6.45, 7) is 31.1. The fourth-order valence-corrected chi connectivity index (χ4v) is 3.69. The zero-order valence-corrected chi connectivity index (χ0v) is 29.5. The number of hydrogen-bond donors (Lipinski definition) is 0. The number of esters is 1. The summed E-state index contributed by atoms with van der Waals surface area (Å²) < 4.78 is 16.7. The molecule has 1 aromatic rings. The van der Waals surface area contributed by atoms with Gasteiger partial charge in [-0.2, -0.15) is 0 Å². The summed E-state index contributed by atoms with van der Waals surface area (Å²) in [5.74, 6) is -0.176. The highest BCUT2D eigenvalue weighted by atomic mass is 16.6. The van der Waals surface area contributed by atoms with Crippen LogP contribution in [0.4, 0.5) is 4.79 Å². The number of aromatic nitrogens is 1. The van der Waals surface area contributed by atoms with E-state index in [1.807, 2.05) is 33.8 Å². The molecule has 0 aromatic carbocycles. The van der Waals surface area contributed by atoms with Crippen molar-refractivity contribution in [2.24, 2.45) is 21.4 Å². The van der Waals surface area contributed by atoms with E-state index in [1.165, 1.54) is 0 Å². The van der Waals surface area contributed by atoms with Crippen LogP contribution in [-0.2, 0) is 24.6 Å². The van der Waals surface area contributed by atoms with Crippen molar-refractivity contribution >= 4 is 17.8 Å². The Kier molecular flexibility index (Phi) is 12.5. The first kappa shape index (κ1) is 38.0. The van der Waals surface area contributed by atoms with Crippen LogP contribution in [-0.4, -0.2) is 59.3 Å². The smallest absolute Gasteiger partial charge is 0.409 e. The van der Waals surface area contributed by atoms with Crippen molar-refractivity contribution in [3.63, 3.8) is 0 Å². The number of cyclic esters (lactones) is 2. The van der Waals surface area contributed by atoms with Gasteiger partial charge in [0.05, 0.1) is 23.4 Å². The maximum atomic E-state index is 10.9. The van der Waals surface area contributed by atoms with Crippen molar-refractivity contribution in [3.8, 4) is 0 Å². The third-order valence-electron chi connectivity index (χ3n) is 7.03. The number of nitrogens with zero attached hydrogens (tertiary/aromatic N) is 3. The number of carbonyl (C=O) groups excluding carboxylic acids is 2. The molecule has 0 radical (unpaired) electrons. The first-order chi connectivity index (χ1) is 19.2. The van der Waals surface area contributed by atoms with Crippen LogP contribution in [0.25, 0.3) is 0 Å². The Morgan fingerprint density at radius 3 is 1.51 bits per heavy atom. The lowest BCUT2D eigenvalue weighted by Gasteiger charge is -2.23. The molecule has 1 aromatic heterocycles. The number of hydrogen-bond acceptors (Lipinski definition) is 8. The molecule has 0 saturated carbocycles. The molecule has 10 nitrogen and oxygen atoms in total. The lowest BCUT2D eigenvalue weighted by Crippen LogP contribution is -2.29. The summed E-state index contributed by atoms with van der Waals surface area (Å²) >= 11 is 0. The van der Waals surface area contributed by atoms with Gasteiger partial charge in [-0.15, -0.1) is 0 Å². The highest BCUT2D eigenvalue weighted by molar-refractivity contribution is 5.90. The van der Waals surface area contributed by atoms with Gasteiger partial charge in [0.25, 0.3) is 0 Å². The molecule has 43 heavy (non-hydrogen) atoms. The summed E-state index contributed by atoms with van der Waals surface area (Å²) in [5.41, 5.74) is 2.40. The Morgan fingerprint density at radius 2 is 1.33 bits per heavy atom. The van der Waals surface area contributed by atoms with Gasteiger partial charge in [0, 0.05) is 41.5 Å². The number of amides is 1. The summed E-state index contributed by atoms with van der Waals surface area (Å²) in [5, 5.41) is 3.90. The summed E-state index contributed by atoms with van der Waals surface area (Å²) in [6.07, 6.45) is 4.68. The molecular weight excluding hydrogens is 550 g/mol. The normalized spacial score (nSPS) is 22.0. The minimum atomic E-state index is -0.250. The molecule has 4 rings (SSSR count). The SMILES string of the molecule is CC1=CC(C(C)(C)C)OC1=O.CC1=NOC(C(C)(C)C)C1.CN1CC(C(C)(C)C)OC1=O.Cc1cn(C(C)(C)C)oc1=O. The number of aryl methyl sites for hydroxylation is 1. The van der Waals surface area contributed by atoms with E-state index in [0.29, 0.717) is 12.1 Å². The molecule has 0 N–H and O–H groups in total. The van der Waals surface area contributed by atoms with E-state index in [1.54, 1.807) is 36.7 Å². The van der Waals surface area contributed by atoms with Gasteiger partial charge in [-0.1, -0.05) is 67.5 Å². The molecule has 0 spiro atoms. The zero-order chi connectivity index (χ0) is 33.7. The van der Waals surface area contributed by atoms with Gasteiger partial charge < -0.3 is 23.7 Å². The highest BCUT2D eigenvalue weighted by Crippen LogP contribution is 2.30. The van der Waals surface area contributed by atoms with Crippen molar-refractivity contribution in [3.05, 3.63) is 33.8 Å². The van der Waals surface area contributed by atoms with Crippen LogP contribution in [0.15, 0.2) is 32.3 Å². The Morgan fingerprint density at radius 1 is 0.791 bits per heavy atom. The largest absolute Gasteiger partial charge is 0.454 e. The molecule has 1 amide bonds. The van der Waals surface area contributed by atoms with Crippen molar-refractivity contribution in [1.82, 2.24) is 9.64 Å². The molecule has 1 fully saturated rings. The van der Waals surface area contributed by atoms with E-state index in [2.05, 4.69) is 67.5 Å². The van der Waals surface area contributed by atoms with Crippen molar-refractivity contribution in [2.45, 2.75) is 134 Å². The zero-order valence-electron chi connectivity index (χ0n) is 29.5. The molecule has 4 heterocycles. The molecule has 0 aliphatic carbocycles. The minimum Gasteiger partial charge on any atom is -0.454 e. The van der Waals surface area contributed by atoms with E-state index >= 15 is 0 Å². The molecule has 0 bridgehead atoms. The Hall–Kier alpha value is -3.04. The Bertz CT molecular complexity index is 1210. The number of oxime groups is 1. The van der Waals surface area contributed by atoms with Crippen LogP contribution in [0.3, 0.4) is 0 Å². The Balaban J connectivity index is 0.000000287. The van der Waals surface area contributed by atoms with E-state index in [-0.39, 0.29) is 57.8 Å². The molecular formula is C33H57N3O7. The van der Waals surface area contributed by atoms with Crippen LogP contribution in [0.5, 0.6) is 0 Å². The summed E-state index contributed by atoms with van der Waals surface area (Å²) in [7, 11) is 1.76. The first-order valence-corrected chi connectivity index (χ1v) is 14.9. The molecule has 1 saturated heterocycles. The molecule has 3 atom stereocenters. The van der Waals surface area contributed by atoms with Crippen molar-refractivity contribution in [1.29, 1.82) is 0 Å². The van der Waals surface area contributed by atoms with E-state index < -0.39 is 0 Å². The van der Waals surface area contributed by atoms with Crippen LogP contribution in [0, 0.1) is 23.2 Å². The van der Waals surface area contributed by atoms with Crippen LogP contribution < -0.4 is 5.63 Å². The third-order valence-corrected chi connectivity index (χ3v) is 7.03. The number of ether oxygens (including phenoxy) is 2. The highest BCUT2D eigenvalue weighted by Gasteiger charge is 2.36. The predicted molar refractivity (Wildman–Crippen MR) is 170 cm³/mol. The average molecular weight is 608 g/mol. The lowest BCUT2D eigenvalue weighted by molar-refractivity contribution is -0.143. The number of rotatable bonds is 0. The average Bonchev–Trinajstić information content (AvgIpc) is 3.58. The van der Waals surface area contributed by atoms with Gasteiger partial charge in [0.2, 0.25) is 0 Å². The van der Waals surface area contributed by atoms with Crippen LogP contribution >= 0.6 is 0 Å². The van der Waals surface area contributed by atoms with Crippen molar-refractivity contribution < 1.29 is 28.4 Å². The standard InChI is InChI=1S/C9H14O2.C8H15NO2.C8H13NO2.C8H15NO/c1-6-5-7(9(2,3)4)11-8(6)10;1-8(2,3)6-5-9(4)7(10)11-6;1-6-5-9(8(2,3)4)11-7(6)10;1-6-5-7(10-9-6)8(2,3)4/h5,7H,1-4H3;6H,5H2,1-4H3;5H,1-4H3;7H,5H2,1-4H3. The van der Waals surface area contributed by atoms with E-state index in [4.69, 9.17) is 18.8 Å². The number of carbonyl (C=O) groups is 2. The maximum absolute atomic E-state index is 10.9. The topological polar surface area (TPSA) is 113 Å². The predicted octanol–water partition coefficient (Wildman–Crippen LogP) is 7.09. The second kappa shape index (κ2) is 14.2. The second-order valence-electron chi connectivity index (χ2n) is 15.8. The maximum Gasteiger partial charge on any atom is 0.409 e. The molecule has 3 unspecified atom stereocenters. The fourth-order valence-electron chi connectivity index (χ4n) is 3.69. The fraction of sp³-hybridized carbons (Fsp3) is 0.758.